The van der Waals surface area contributed by atoms with E-state index in [9.17, 15) is 22.4 Å². The number of ether oxygens (including phenoxy) is 1. The molecule has 0 aliphatic heterocycles. The SMILES string of the molecule is O=C(CCc1cccc(Oc2ccc(F)cc2)c1)NCC(F)(F)F. The summed E-state index contributed by atoms with van der Waals surface area (Å²) >= 11 is 0. The summed E-state index contributed by atoms with van der Waals surface area (Å²) < 4.78 is 54.4. The van der Waals surface area contributed by atoms with Gasteiger partial charge in [0.2, 0.25) is 5.91 Å². The van der Waals surface area contributed by atoms with Crippen LogP contribution in [0.5, 0.6) is 11.5 Å². The topological polar surface area (TPSA) is 38.3 Å². The maximum Gasteiger partial charge on any atom is 0.405 e. The van der Waals surface area contributed by atoms with E-state index < -0.39 is 18.6 Å². The smallest absolute Gasteiger partial charge is 0.405 e. The van der Waals surface area contributed by atoms with E-state index >= 15 is 0 Å². The van der Waals surface area contributed by atoms with E-state index in [0.717, 1.165) is 5.56 Å². The van der Waals surface area contributed by atoms with E-state index in [1.54, 1.807) is 24.3 Å². The number of aryl methyl sites for hydroxylation is 1. The van der Waals surface area contributed by atoms with E-state index in [2.05, 4.69) is 0 Å². The Morgan fingerprint density at radius 1 is 1.04 bits per heavy atom. The first kappa shape index (κ1) is 17.8. The molecule has 0 saturated carbocycles. The second kappa shape index (κ2) is 7.81. The molecule has 0 aliphatic carbocycles. The van der Waals surface area contributed by atoms with Gasteiger partial charge in [0, 0.05) is 6.42 Å². The Bertz CT molecular complexity index is 684. The molecule has 7 heteroatoms. The van der Waals surface area contributed by atoms with Crippen molar-refractivity contribution in [1.82, 2.24) is 5.32 Å². The lowest BCUT2D eigenvalue weighted by Crippen LogP contribution is -2.33. The molecule has 2 rings (SSSR count). The standard InChI is InChI=1S/C17H15F4NO2/c18-13-5-7-14(8-6-13)24-15-3-1-2-12(10-15)4-9-16(23)22-11-17(19,20)21/h1-3,5-8,10H,4,9,11H2,(H,22,23). The molecule has 3 nitrogen and oxygen atoms in total. The highest BCUT2D eigenvalue weighted by atomic mass is 19.4. The molecule has 0 unspecified atom stereocenters. The third-order valence-corrected chi connectivity index (χ3v) is 3.07. The summed E-state index contributed by atoms with van der Waals surface area (Å²) in [4.78, 5) is 11.4. The first-order chi connectivity index (χ1) is 11.3. The molecule has 24 heavy (non-hydrogen) atoms. The van der Waals surface area contributed by atoms with Crippen LogP contribution in [0.1, 0.15) is 12.0 Å². The fourth-order valence-corrected chi connectivity index (χ4v) is 1.95. The van der Waals surface area contributed by atoms with E-state index in [1.165, 1.54) is 24.3 Å². The average Bonchev–Trinajstić information content (AvgIpc) is 2.53. The van der Waals surface area contributed by atoms with Gasteiger partial charge in [-0.1, -0.05) is 12.1 Å². The lowest BCUT2D eigenvalue weighted by Gasteiger charge is -2.09. The Morgan fingerprint density at radius 2 is 1.75 bits per heavy atom. The number of carbonyl (C=O) groups is 1. The molecule has 128 valence electrons. The monoisotopic (exact) mass is 341 g/mol. The number of hydrogen-bond acceptors (Lipinski definition) is 2. The predicted molar refractivity (Wildman–Crippen MR) is 80.3 cm³/mol. The van der Waals surface area contributed by atoms with Gasteiger partial charge in [-0.3, -0.25) is 4.79 Å². The second-order valence-electron chi connectivity index (χ2n) is 5.10. The van der Waals surface area contributed by atoms with Crippen LogP contribution in [0.15, 0.2) is 48.5 Å². The van der Waals surface area contributed by atoms with E-state index in [0.29, 0.717) is 11.5 Å². The van der Waals surface area contributed by atoms with Gasteiger partial charge >= 0.3 is 6.18 Å². The van der Waals surface area contributed by atoms with Crippen molar-refractivity contribution in [2.24, 2.45) is 0 Å². The zero-order chi connectivity index (χ0) is 17.6. The first-order valence-corrected chi connectivity index (χ1v) is 7.18. The highest BCUT2D eigenvalue weighted by Crippen LogP contribution is 2.23. The van der Waals surface area contributed by atoms with Gasteiger partial charge in [0.15, 0.2) is 0 Å². The van der Waals surface area contributed by atoms with Gasteiger partial charge in [-0.15, -0.1) is 0 Å². The minimum absolute atomic E-state index is 0.0594. The van der Waals surface area contributed by atoms with Crippen molar-refractivity contribution in [3.05, 3.63) is 59.9 Å². The van der Waals surface area contributed by atoms with Gasteiger partial charge < -0.3 is 10.1 Å². The summed E-state index contributed by atoms with van der Waals surface area (Å²) in [5.41, 5.74) is 0.747. The molecule has 1 amide bonds. The Kier molecular flexibility index (Phi) is 5.78. The predicted octanol–water partition coefficient (Wildman–Crippen LogP) is 4.23. The molecule has 2 aromatic carbocycles. The van der Waals surface area contributed by atoms with E-state index in [4.69, 9.17) is 4.74 Å². The maximum absolute atomic E-state index is 12.8. The molecule has 0 bridgehead atoms. The molecular formula is C17H15F4NO2. The van der Waals surface area contributed by atoms with Gasteiger partial charge in [0.05, 0.1) is 0 Å². The Balaban J connectivity index is 1.88. The molecule has 0 saturated heterocycles. The van der Waals surface area contributed by atoms with Gasteiger partial charge in [0.1, 0.15) is 23.9 Å². The molecular weight excluding hydrogens is 326 g/mol. The molecule has 2 aromatic rings. The van der Waals surface area contributed by atoms with E-state index in [1.807, 2.05) is 5.32 Å². The normalized spacial score (nSPS) is 11.2. The molecule has 0 radical (unpaired) electrons. The van der Waals surface area contributed by atoms with Crippen LogP contribution in [-0.2, 0) is 11.2 Å². The summed E-state index contributed by atoms with van der Waals surface area (Å²) in [6.45, 7) is -1.33. The molecule has 0 atom stereocenters. The summed E-state index contributed by atoms with van der Waals surface area (Å²) in [6.07, 6.45) is -4.20. The van der Waals surface area contributed by atoms with Crippen LogP contribution in [0.25, 0.3) is 0 Å². The van der Waals surface area contributed by atoms with Crippen molar-refractivity contribution >= 4 is 5.91 Å². The molecule has 1 N–H and O–H groups in total. The number of amides is 1. The number of nitrogens with one attached hydrogen (secondary N) is 1. The number of benzene rings is 2. The van der Waals surface area contributed by atoms with Crippen LogP contribution < -0.4 is 10.1 Å². The number of hydrogen-bond donors (Lipinski definition) is 1. The minimum atomic E-state index is -4.42. The fraction of sp³-hybridized carbons (Fsp3) is 0.235. The van der Waals surface area contributed by atoms with Gasteiger partial charge in [-0.2, -0.15) is 13.2 Å². The minimum Gasteiger partial charge on any atom is -0.457 e. The quantitative estimate of drug-likeness (QED) is 0.799. The number of halogens is 4. The van der Waals surface area contributed by atoms with Crippen molar-refractivity contribution in [2.45, 2.75) is 19.0 Å². The Morgan fingerprint density at radius 3 is 2.42 bits per heavy atom. The van der Waals surface area contributed by atoms with Crippen LogP contribution in [-0.4, -0.2) is 18.6 Å². The van der Waals surface area contributed by atoms with Crippen molar-refractivity contribution in [2.75, 3.05) is 6.54 Å². The fourth-order valence-electron chi connectivity index (χ4n) is 1.95. The van der Waals surface area contributed by atoms with E-state index in [-0.39, 0.29) is 18.7 Å². The van der Waals surface area contributed by atoms with Gasteiger partial charge in [-0.05, 0) is 48.4 Å². The van der Waals surface area contributed by atoms with Crippen molar-refractivity contribution in [3.63, 3.8) is 0 Å². The number of alkyl halides is 3. The van der Waals surface area contributed by atoms with Crippen LogP contribution >= 0.6 is 0 Å². The molecule has 0 aliphatic rings. The second-order valence-corrected chi connectivity index (χ2v) is 5.10. The zero-order valence-corrected chi connectivity index (χ0v) is 12.6. The van der Waals surface area contributed by atoms with Gasteiger partial charge in [-0.25, -0.2) is 4.39 Å². The van der Waals surface area contributed by atoms with Crippen molar-refractivity contribution in [1.29, 1.82) is 0 Å². The largest absolute Gasteiger partial charge is 0.457 e. The zero-order valence-electron chi connectivity index (χ0n) is 12.6. The van der Waals surface area contributed by atoms with Crippen LogP contribution in [0.3, 0.4) is 0 Å². The van der Waals surface area contributed by atoms with Gasteiger partial charge in [0.25, 0.3) is 0 Å². The maximum atomic E-state index is 12.8. The highest BCUT2D eigenvalue weighted by molar-refractivity contribution is 5.76. The summed E-state index contributed by atoms with van der Waals surface area (Å²) in [5, 5.41) is 1.82. The number of rotatable bonds is 6. The van der Waals surface area contributed by atoms with Crippen molar-refractivity contribution in [3.8, 4) is 11.5 Å². The summed E-state index contributed by atoms with van der Waals surface area (Å²) in [5.74, 6) is -0.0931. The average molecular weight is 341 g/mol. The van der Waals surface area contributed by atoms with Crippen LogP contribution in [0, 0.1) is 5.82 Å². The summed E-state index contributed by atoms with van der Waals surface area (Å²) in [7, 11) is 0. The number of carbonyl (C=O) groups excluding carboxylic acids is 1. The third kappa shape index (κ3) is 6.28. The first-order valence-electron chi connectivity index (χ1n) is 7.18. The van der Waals surface area contributed by atoms with Crippen molar-refractivity contribution < 1.29 is 27.1 Å². The highest BCUT2D eigenvalue weighted by Gasteiger charge is 2.27. The molecule has 0 spiro atoms. The Labute approximate surface area is 136 Å². The molecule has 0 aromatic heterocycles. The third-order valence-electron chi connectivity index (χ3n) is 3.07. The van der Waals surface area contributed by atoms with Crippen LogP contribution in [0.2, 0.25) is 0 Å². The molecule has 0 heterocycles. The van der Waals surface area contributed by atoms with Crippen LogP contribution in [0.4, 0.5) is 17.6 Å². The Hall–Kier alpha value is -2.57. The lowest BCUT2D eigenvalue weighted by atomic mass is 10.1. The lowest BCUT2D eigenvalue weighted by molar-refractivity contribution is -0.138. The molecule has 0 fully saturated rings. The summed E-state index contributed by atoms with van der Waals surface area (Å²) in [6, 6.07) is 12.3.